The van der Waals surface area contributed by atoms with Crippen LogP contribution >= 0.6 is 22.6 Å². The van der Waals surface area contributed by atoms with Crippen molar-refractivity contribution in [2.24, 2.45) is 0 Å². The van der Waals surface area contributed by atoms with Crippen LogP contribution in [0.4, 0.5) is 0 Å². The quantitative estimate of drug-likeness (QED) is 0.817. The van der Waals surface area contributed by atoms with Gasteiger partial charge >= 0.3 is 0 Å². The zero-order valence-corrected chi connectivity index (χ0v) is 12.7. The van der Waals surface area contributed by atoms with Crippen LogP contribution < -0.4 is 10.1 Å². The molecule has 1 fully saturated rings. The fourth-order valence-corrected chi connectivity index (χ4v) is 2.83. The molecular weight excluding hydrogens is 343 g/mol. The minimum Gasteiger partial charge on any atom is -0.496 e. The van der Waals surface area contributed by atoms with E-state index in [1.807, 2.05) is 23.1 Å². The van der Waals surface area contributed by atoms with Crippen LogP contribution in [-0.2, 0) is 0 Å². The summed E-state index contributed by atoms with van der Waals surface area (Å²) in [4.78, 5) is 14.3. The molecule has 1 atom stereocenters. The van der Waals surface area contributed by atoms with Gasteiger partial charge in [0.15, 0.2) is 0 Å². The van der Waals surface area contributed by atoms with Crippen molar-refractivity contribution in [2.75, 3.05) is 26.7 Å². The predicted octanol–water partition coefficient (Wildman–Crippen LogP) is 1.73. The SMILES string of the molecule is COc1ccc(C(=O)N2CCN[C@H](C)C2)cc1I. The second-order valence-electron chi connectivity index (χ2n) is 4.46. The van der Waals surface area contributed by atoms with Gasteiger partial charge in [0.05, 0.1) is 10.7 Å². The van der Waals surface area contributed by atoms with Crippen LogP contribution in [0.15, 0.2) is 18.2 Å². The van der Waals surface area contributed by atoms with Gasteiger partial charge in [0.2, 0.25) is 0 Å². The van der Waals surface area contributed by atoms with E-state index < -0.39 is 0 Å². The highest BCUT2D eigenvalue weighted by Crippen LogP contribution is 2.22. The monoisotopic (exact) mass is 360 g/mol. The molecule has 0 bridgehead atoms. The van der Waals surface area contributed by atoms with Crippen LogP contribution in [0.5, 0.6) is 5.75 Å². The molecule has 0 unspecified atom stereocenters. The fourth-order valence-electron chi connectivity index (χ4n) is 2.10. The summed E-state index contributed by atoms with van der Waals surface area (Å²) in [5.74, 6) is 0.907. The predicted molar refractivity (Wildman–Crippen MR) is 79.1 cm³/mol. The zero-order chi connectivity index (χ0) is 13.1. The number of halogens is 1. The molecule has 0 saturated carbocycles. The lowest BCUT2D eigenvalue weighted by atomic mass is 10.1. The molecule has 1 saturated heterocycles. The lowest BCUT2D eigenvalue weighted by Gasteiger charge is -2.32. The molecule has 1 amide bonds. The lowest BCUT2D eigenvalue weighted by Crippen LogP contribution is -2.51. The van der Waals surface area contributed by atoms with Crippen molar-refractivity contribution < 1.29 is 9.53 Å². The Morgan fingerprint density at radius 2 is 2.33 bits per heavy atom. The van der Waals surface area contributed by atoms with Crippen LogP contribution in [-0.4, -0.2) is 43.6 Å². The van der Waals surface area contributed by atoms with E-state index in [0.29, 0.717) is 6.04 Å². The van der Waals surface area contributed by atoms with E-state index >= 15 is 0 Å². The number of hydrogen-bond donors (Lipinski definition) is 1. The third-order valence-corrected chi connectivity index (χ3v) is 3.90. The average molecular weight is 360 g/mol. The number of ether oxygens (including phenoxy) is 1. The molecule has 2 rings (SSSR count). The number of carbonyl (C=O) groups is 1. The van der Waals surface area contributed by atoms with Gasteiger partial charge in [-0.1, -0.05) is 0 Å². The van der Waals surface area contributed by atoms with E-state index in [-0.39, 0.29) is 5.91 Å². The summed E-state index contributed by atoms with van der Waals surface area (Å²) in [6, 6.07) is 5.92. The molecule has 1 aliphatic heterocycles. The third kappa shape index (κ3) is 2.95. The molecule has 98 valence electrons. The Labute approximate surface area is 121 Å². The molecule has 0 aromatic heterocycles. The smallest absolute Gasteiger partial charge is 0.253 e. The molecule has 5 heteroatoms. The Bertz CT molecular complexity index is 451. The summed E-state index contributed by atoms with van der Waals surface area (Å²) in [7, 11) is 1.64. The van der Waals surface area contributed by atoms with Gasteiger partial charge in [0.25, 0.3) is 5.91 Å². The third-order valence-electron chi connectivity index (χ3n) is 3.05. The molecule has 1 aromatic rings. The highest BCUT2D eigenvalue weighted by molar-refractivity contribution is 14.1. The fraction of sp³-hybridized carbons (Fsp3) is 0.462. The summed E-state index contributed by atoms with van der Waals surface area (Å²) in [5, 5.41) is 3.33. The average Bonchev–Trinajstić information content (AvgIpc) is 2.37. The topological polar surface area (TPSA) is 41.6 Å². The van der Waals surface area contributed by atoms with Crippen LogP contribution in [0, 0.1) is 3.57 Å². The van der Waals surface area contributed by atoms with E-state index in [1.54, 1.807) is 7.11 Å². The first-order valence-electron chi connectivity index (χ1n) is 5.98. The number of nitrogens with zero attached hydrogens (tertiary/aromatic N) is 1. The van der Waals surface area contributed by atoms with E-state index in [2.05, 4.69) is 34.8 Å². The highest BCUT2D eigenvalue weighted by Gasteiger charge is 2.22. The summed E-state index contributed by atoms with van der Waals surface area (Å²) in [6.07, 6.45) is 0. The van der Waals surface area contributed by atoms with Gasteiger partial charge in [-0.05, 0) is 47.7 Å². The number of rotatable bonds is 2. The number of nitrogens with one attached hydrogen (secondary N) is 1. The van der Waals surface area contributed by atoms with Gasteiger partial charge in [0.1, 0.15) is 5.75 Å². The van der Waals surface area contributed by atoms with Crippen molar-refractivity contribution in [3.05, 3.63) is 27.3 Å². The highest BCUT2D eigenvalue weighted by atomic mass is 127. The van der Waals surface area contributed by atoms with Crippen molar-refractivity contribution in [1.82, 2.24) is 10.2 Å². The number of methoxy groups -OCH3 is 1. The molecule has 18 heavy (non-hydrogen) atoms. The van der Waals surface area contributed by atoms with Gasteiger partial charge in [-0.2, -0.15) is 0 Å². The van der Waals surface area contributed by atoms with Crippen LogP contribution in [0.2, 0.25) is 0 Å². The normalized spacial score (nSPS) is 19.7. The van der Waals surface area contributed by atoms with Crippen molar-refractivity contribution >= 4 is 28.5 Å². The molecule has 0 aliphatic carbocycles. The summed E-state index contributed by atoms with van der Waals surface area (Å²) in [5.41, 5.74) is 0.731. The summed E-state index contributed by atoms with van der Waals surface area (Å²) >= 11 is 2.19. The maximum Gasteiger partial charge on any atom is 0.253 e. The summed E-state index contributed by atoms with van der Waals surface area (Å²) in [6.45, 7) is 4.49. The van der Waals surface area contributed by atoms with Crippen molar-refractivity contribution in [2.45, 2.75) is 13.0 Å². The largest absolute Gasteiger partial charge is 0.496 e. The molecule has 1 aromatic carbocycles. The van der Waals surface area contributed by atoms with Crippen molar-refractivity contribution in [3.63, 3.8) is 0 Å². The lowest BCUT2D eigenvalue weighted by molar-refractivity contribution is 0.0709. The standard InChI is InChI=1S/C13H17IN2O2/c1-9-8-16(6-5-15-9)13(17)10-3-4-12(18-2)11(14)7-10/h3-4,7,9,15H,5-6,8H2,1-2H3/t9-/m1/s1. The van der Waals surface area contributed by atoms with E-state index in [0.717, 1.165) is 34.5 Å². The number of amides is 1. The second kappa shape index (κ2) is 5.88. The Kier molecular flexibility index (Phi) is 4.45. The van der Waals surface area contributed by atoms with E-state index in [1.165, 1.54) is 0 Å². The van der Waals surface area contributed by atoms with E-state index in [4.69, 9.17) is 4.74 Å². The van der Waals surface area contributed by atoms with Crippen LogP contribution in [0.1, 0.15) is 17.3 Å². The Balaban J connectivity index is 2.15. The van der Waals surface area contributed by atoms with Crippen LogP contribution in [0.25, 0.3) is 0 Å². The Hall–Kier alpha value is -0.820. The molecule has 0 spiro atoms. The maximum atomic E-state index is 12.4. The number of hydrogen-bond acceptors (Lipinski definition) is 3. The Morgan fingerprint density at radius 1 is 1.56 bits per heavy atom. The van der Waals surface area contributed by atoms with Crippen LogP contribution in [0.3, 0.4) is 0 Å². The number of carbonyl (C=O) groups excluding carboxylic acids is 1. The number of benzene rings is 1. The molecular formula is C13H17IN2O2. The first kappa shape index (κ1) is 13.6. The molecule has 1 N–H and O–H groups in total. The molecule has 1 aliphatic rings. The minimum atomic E-state index is 0.101. The van der Waals surface area contributed by atoms with Gasteiger partial charge in [-0.3, -0.25) is 4.79 Å². The van der Waals surface area contributed by atoms with Gasteiger partial charge in [-0.15, -0.1) is 0 Å². The van der Waals surface area contributed by atoms with Gasteiger partial charge in [-0.25, -0.2) is 0 Å². The van der Waals surface area contributed by atoms with Crippen molar-refractivity contribution in [3.8, 4) is 5.75 Å². The first-order valence-corrected chi connectivity index (χ1v) is 7.06. The zero-order valence-electron chi connectivity index (χ0n) is 10.6. The molecule has 4 nitrogen and oxygen atoms in total. The minimum absolute atomic E-state index is 0.101. The Morgan fingerprint density at radius 3 is 2.94 bits per heavy atom. The second-order valence-corrected chi connectivity index (χ2v) is 5.62. The molecule has 1 heterocycles. The number of piperazine rings is 1. The van der Waals surface area contributed by atoms with Gasteiger partial charge < -0.3 is 15.0 Å². The van der Waals surface area contributed by atoms with Gasteiger partial charge in [0, 0.05) is 31.2 Å². The summed E-state index contributed by atoms with van der Waals surface area (Å²) < 4.78 is 6.16. The maximum absolute atomic E-state index is 12.4. The van der Waals surface area contributed by atoms with Crippen molar-refractivity contribution in [1.29, 1.82) is 0 Å². The molecule has 0 radical (unpaired) electrons. The van der Waals surface area contributed by atoms with E-state index in [9.17, 15) is 4.79 Å². The first-order chi connectivity index (χ1) is 8.61.